The van der Waals surface area contributed by atoms with E-state index in [1.165, 1.54) is 25.7 Å². The molecule has 4 unspecified atom stereocenters. The lowest BCUT2D eigenvalue weighted by Crippen LogP contribution is -2.30. The summed E-state index contributed by atoms with van der Waals surface area (Å²) < 4.78 is 5.58. The predicted molar refractivity (Wildman–Crippen MR) is 98.7 cm³/mol. The Bertz CT molecular complexity index is 573. The number of aliphatic hydroxyl groups excluding tert-OH is 1. The first-order valence-corrected chi connectivity index (χ1v) is 9.35. The van der Waals surface area contributed by atoms with Crippen LogP contribution >= 0.6 is 0 Å². The van der Waals surface area contributed by atoms with E-state index in [1.54, 1.807) is 0 Å². The number of ether oxygens (including phenoxy) is 1. The molecule has 2 bridgehead atoms. The molecule has 0 aliphatic heterocycles. The molecule has 1 amide bonds. The molecule has 0 aromatic heterocycles. The van der Waals surface area contributed by atoms with Crippen molar-refractivity contribution in [2.75, 3.05) is 32.6 Å². The molecule has 1 aromatic rings. The smallest absolute Gasteiger partial charge is 0.224 e. The highest BCUT2D eigenvalue weighted by Crippen LogP contribution is 2.49. The van der Waals surface area contributed by atoms with Gasteiger partial charge in [-0.1, -0.05) is 6.42 Å². The van der Waals surface area contributed by atoms with Gasteiger partial charge in [-0.3, -0.25) is 4.79 Å². The Kier molecular flexibility index (Phi) is 5.97. The van der Waals surface area contributed by atoms with Crippen LogP contribution in [0.2, 0.25) is 0 Å². The standard InChI is InChI=1S/C20H30N2O3/c1-22(2)12-18(23)13-25-19-7-5-17(6-8-19)21-20(24)11-16-10-14-3-4-15(16)9-14/h5-8,14-16,18,23H,3-4,9-13H2,1-2H3,(H,21,24). The van der Waals surface area contributed by atoms with E-state index in [2.05, 4.69) is 5.32 Å². The fourth-order valence-electron chi connectivity index (χ4n) is 4.38. The first kappa shape index (κ1) is 18.2. The molecule has 0 saturated heterocycles. The average molecular weight is 346 g/mol. The van der Waals surface area contributed by atoms with Crippen molar-refractivity contribution in [3.05, 3.63) is 24.3 Å². The fraction of sp³-hybridized carbons (Fsp3) is 0.650. The first-order chi connectivity index (χ1) is 12.0. The largest absolute Gasteiger partial charge is 0.491 e. The van der Waals surface area contributed by atoms with E-state index in [9.17, 15) is 9.90 Å². The number of carbonyl (C=O) groups is 1. The number of anilines is 1. The van der Waals surface area contributed by atoms with Crippen molar-refractivity contribution in [2.45, 2.75) is 38.2 Å². The van der Waals surface area contributed by atoms with Crippen LogP contribution in [0.15, 0.2) is 24.3 Å². The number of amides is 1. The molecule has 3 rings (SSSR count). The number of carbonyl (C=O) groups excluding carboxylic acids is 1. The monoisotopic (exact) mass is 346 g/mol. The van der Waals surface area contributed by atoms with Gasteiger partial charge in [0.2, 0.25) is 5.91 Å². The zero-order valence-corrected chi connectivity index (χ0v) is 15.3. The van der Waals surface area contributed by atoms with Gasteiger partial charge in [-0.05, 0) is 75.4 Å². The third-order valence-corrected chi connectivity index (χ3v) is 5.49. The number of fused-ring (bicyclic) bond motifs is 2. The number of likely N-dealkylation sites (N-methyl/N-ethyl adjacent to an activating group) is 1. The maximum absolute atomic E-state index is 12.3. The SMILES string of the molecule is CN(C)CC(O)COc1ccc(NC(=O)CC2CC3CCC2C3)cc1. The van der Waals surface area contributed by atoms with Crippen molar-refractivity contribution in [3.63, 3.8) is 0 Å². The van der Waals surface area contributed by atoms with Crippen molar-refractivity contribution in [1.82, 2.24) is 4.90 Å². The average Bonchev–Trinajstić information content (AvgIpc) is 3.16. The number of aliphatic hydroxyl groups is 1. The Morgan fingerprint density at radius 3 is 2.64 bits per heavy atom. The summed E-state index contributed by atoms with van der Waals surface area (Å²) in [5, 5.41) is 12.8. The zero-order valence-electron chi connectivity index (χ0n) is 15.3. The van der Waals surface area contributed by atoms with Crippen molar-refractivity contribution in [1.29, 1.82) is 0 Å². The maximum atomic E-state index is 12.3. The van der Waals surface area contributed by atoms with Gasteiger partial charge in [-0.2, -0.15) is 0 Å². The van der Waals surface area contributed by atoms with Gasteiger partial charge < -0.3 is 20.1 Å². The van der Waals surface area contributed by atoms with Gasteiger partial charge in [0, 0.05) is 18.7 Å². The van der Waals surface area contributed by atoms with E-state index in [-0.39, 0.29) is 12.5 Å². The van der Waals surface area contributed by atoms with Crippen LogP contribution < -0.4 is 10.1 Å². The molecule has 2 saturated carbocycles. The molecule has 0 heterocycles. The molecular formula is C20H30N2O3. The summed E-state index contributed by atoms with van der Waals surface area (Å²) in [5.41, 5.74) is 0.800. The molecule has 1 aromatic carbocycles. The van der Waals surface area contributed by atoms with Gasteiger partial charge in [0.15, 0.2) is 0 Å². The number of nitrogens with one attached hydrogen (secondary N) is 1. The van der Waals surface area contributed by atoms with E-state index in [0.29, 0.717) is 24.6 Å². The molecule has 5 nitrogen and oxygen atoms in total. The number of benzene rings is 1. The van der Waals surface area contributed by atoms with Crippen molar-refractivity contribution >= 4 is 11.6 Å². The summed E-state index contributed by atoms with van der Waals surface area (Å²) in [6.07, 6.45) is 5.39. The van der Waals surface area contributed by atoms with Crippen LogP contribution in [0.25, 0.3) is 0 Å². The molecule has 2 fully saturated rings. The summed E-state index contributed by atoms with van der Waals surface area (Å²) in [6.45, 7) is 0.825. The van der Waals surface area contributed by atoms with Crippen LogP contribution in [0.4, 0.5) is 5.69 Å². The van der Waals surface area contributed by atoms with Gasteiger partial charge in [-0.15, -0.1) is 0 Å². The zero-order chi connectivity index (χ0) is 17.8. The van der Waals surface area contributed by atoms with Gasteiger partial charge in [0.05, 0.1) is 0 Å². The quantitative estimate of drug-likeness (QED) is 0.760. The van der Waals surface area contributed by atoms with Crippen LogP contribution in [0.3, 0.4) is 0 Å². The topological polar surface area (TPSA) is 61.8 Å². The molecule has 0 radical (unpaired) electrons. The van der Waals surface area contributed by atoms with E-state index in [1.807, 2.05) is 43.3 Å². The number of hydrogen-bond donors (Lipinski definition) is 2. The molecule has 138 valence electrons. The second-order valence-corrected chi connectivity index (χ2v) is 7.94. The van der Waals surface area contributed by atoms with E-state index in [0.717, 1.165) is 17.5 Å². The summed E-state index contributed by atoms with van der Waals surface area (Å²) in [5.74, 6) is 3.05. The Morgan fingerprint density at radius 1 is 1.28 bits per heavy atom. The lowest BCUT2D eigenvalue weighted by atomic mass is 9.86. The molecule has 4 atom stereocenters. The van der Waals surface area contributed by atoms with Crippen LogP contribution in [0.1, 0.15) is 32.1 Å². The van der Waals surface area contributed by atoms with Crippen LogP contribution in [0.5, 0.6) is 5.75 Å². The first-order valence-electron chi connectivity index (χ1n) is 9.35. The highest BCUT2D eigenvalue weighted by atomic mass is 16.5. The Morgan fingerprint density at radius 2 is 2.04 bits per heavy atom. The molecule has 0 spiro atoms. The lowest BCUT2D eigenvalue weighted by Gasteiger charge is -2.21. The van der Waals surface area contributed by atoms with E-state index in [4.69, 9.17) is 4.74 Å². The molecule has 2 aliphatic rings. The molecular weight excluding hydrogens is 316 g/mol. The molecule has 5 heteroatoms. The predicted octanol–water partition coefficient (Wildman–Crippen LogP) is 2.75. The Hall–Kier alpha value is -1.59. The minimum atomic E-state index is -0.517. The van der Waals surface area contributed by atoms with Crippen molar-refractivity contribution < 1.29 is 14.6 Å². The van der Waals surface area contributed by atoms with Gasteiger partial charge in [0.1, 0.15) is 18.5 Å². The summed E-state index contributed by atoms with van der Waals surface area (Å²) in [6, 6.07) is 7.36. The minimum absolute atomic E-state index is 0.118. The van der Waals surface area contributed by atoms with Gasteiger partial charge >= 0.3 is 0 Å². The Balaban J connectivity index is 1.42. The maximum Gasteiger partial charge on any atom is 0.224 e. The fourth-order valence-corrected chi connectivity index (χ4v) is 4.38. The third-order valence-electron chi connectivity index (χ3n) is 5.49. The summed E-state index contributed by atoms with van der Waals surface area (Å²) >= 11 is 0. The second kappa shape index (κ2) is 8.19. The highest BCUT2D eigenvalue weighted by molar-refractivity contribution is 5.90. The number of rotatable bonds is 8. The number of nitrogens with zero attached hydrogens (tertiary/aromatic N) is 1. The van der Waals surface area contributed by atoms with Crippen LogP contribution in [-0.4, -0.2) is 49.3 Å². The van der Waals surface area contributed by atoms with Crippen LogP contribution in [0, 0.1) is 17.8 Å². The highest BCUT2D eigenvalue weighted by Gasteiger charge is 2.40. The van der Waals surface area contributed by atoms with Gasteiger partial charge in [0.25, 0.3) is 0 Å². The third kappa shape index (κ3) is 5.19. The van der Waals surface area contributed by atoms with Gasteiger partial charge in [-0.25, -0.2) is 0 Å². The lowest BCUT2D eigenvalue weighted by molar-refractivity contribution is -0.117. The Labute approximate surface area is 150 Å². The van der Waals surface area contributed by atoms with Crippen molar-refractivity contribution in [3.8, 4) is 5.75 Å². The second-order valence-electron chi connectivity index (χ2n) is 7.94. The molecule has 2 N–H and O–H groups in total. The van der Waals surface area contributed by atoms with E-state index >= 15 is 0 Å². The minimum Gasteiger partial charge on any atom is -0.491 e. The van der Waals surface area contributed by atoms with E-state index < -0.39 is 6.10 Å². The molecule has 2 aliphatic carbocycles. The van der Waals surface area contributed by atoms with Crippen molar-refractivity contribution in [2.24, 2.45) is 17.8 Å². The normalized spacial score (nSPS) is 26.0. The summed E-state index contributed by atoms with van der Waals surface area (Å²) in [4.78, 5) is 14.2. The number of hydrogen-bond acceptors (Lipinski definition) is 4. The molecule has 25 heavy (non-hydrogen) atoms. The van der Waals surface area contributed by atoms with Crippen LogP contribution in [-0.2, 0) is 4.79 Å². The summed E-state index contributed by atoms with van der Waals surface area (Å²) in [7, 11) is 3.83.